The molecule has 2 rings (SSSR count). The maximum Gasteiger partial charge on any atom is 0.306 e. The number of benzene rings is 2. The average Bonchev–Trinajstić information content (AvgIpc) is 2.67. The average molecular weight is 367 g/mol. The number of hydrogen-bond donors (Lipinski definition) is 1. The van der Waals surface area contributed by atoms with Crippen molar-refractivity contribution in [2.24, 2.45) is 0 Å². The van der Waals surface area contributed by atoms with Crippen LogP contribution >= 0.6 is 0 Å². The van der Waals surface area contributed by atoms with Gasteiger partial charge in [-0.25, -0.2) is 0 Å². The molecule has 2 aromatic rings. The highest BCUT2D eigenvalue weighted by Crippen LogP contribution is 2.19. The number of esters is 1. The Balaban J connectivity index is 1.81. The monoisotopic (exact) mass is 367 g/mol. The summed E-state index contributed by atoms with van der Waals surface area (Å²) in [5, 5.41) is 2.76. The summed E-state index contributed by atoms with van der Waals surface area (Å²) in [6.45, 7) is 3.59. The van der Waals surface area contributed by atoms with Crippen molar-refractivity contribution in [2.45, 2.75) is 39.0 Å². The van der Waals surface area contributed by atoms with Crippen LogP contribution in [0.15, 0.2) is 54.6 Å². The number of anilines is 1. The van der Waals surface area contributed by atoms with E-state index >= 15 is 0 Å². The Morgan fingerprint density at radius 1 is 1.00 bits per heavy atom. The van der Waals surface area contributed by atoms with E-state index in [0.29, 0.717) is 17.7 Å². The molecule has 0 aromatic heterocycles. The fraction of sp³-hybridized carbons (Fsp3) is 0.318. The van der Waals surface area contributed by atoms with Gasteiger partial charge in [-0.15, -0.1) is 0 Å². The predicted octanol–water partition coefficient (Wildman–Crippen LogP) is 4.34. The van der Waals surface area contributed by atoms with Crippen LogP contribution in [0, 0.1) is 0 Å². The van der Waals surface area contributed by atoms with Gasteiger partial charge in [0.15, 0.2) is 12.4 Å². The number of ether oxygens (including phenoxy) is 1. The Morgan fingerprint density at radius 3 is 2.30 bits per heavy atom. The van der Waals surface area contributed by atoms with Gasteiger partial charge in [-0.3, -0.25) is 14.4 Å². The lowest BCUT2D eigenvalue weighted by atomic mass is 9.98. The molecule has 5 heteroatoms. The van der Waals surface area contributed by atoms with Gasteiger partial charge in [0.2, 0.25) is 5.91 Å². The number of nitrogens with one attached hydrogen (secondary N) is 1. The highest BCUT2D eigenvalue weighted by molar-refractivity contribution is 5.98. The molecule has 142 valence electrons. The number of ketones is 1. The van der Waals surface area contributed by atoms with Crippen LogP contribution in [-0.2, 0) is 14.3 Å². The van der Waals surface area contributed by atoms with E-state index in [9.17, 15) is 14.4 Å². The van der Waals surface area contributed by atoms with Crippen LogP contribution in [-0.4, -0.2) is 24.3 Å². The van der Waals surface area contributed by atoms with Crippen molar-refractivity contribution in [3.05, 3.63) is 65.7 Å². The molecule has 0 unspecified atom stereocenters. The standard InChI is InChI=1S/C22H25NO4/c1-3-7-21(25)23-19-12-10-18(11-13-19)20(24)15-27-22(26)14-16(2)17-8-5-4-6-9-17/h4-6,8-13,16H,3,7,14-15H2,1-2H3,(H,23,25)/t16-/m1/s1. The summed E-state index contributed by atoms with van der Waals surface area (Å²) in [5.41, 5.74) is 2.13. The van der Waals surface area contributed by atoms with Crippen molar-refractivity contribution in [3.8, 4) is 0 Å². The lowest BCUT2D eigenvalue weighted by Gasteiger charge is -2.11. The van der Waals surface area contributed by atoms with Crippen LogP contribution in [0.5, 0.6) is 0 Å². The second-order valence-electron chi connectivity index (χ2n) is 6.48. The van der Waals surface area contributed by atoms with Crippen LogP contribution in [0.1, 0.15) is 54.9 Å². The third kappa shape index (κ3) is 6.70. The van der Waals surface area contributed by atoms with Crippen LogP contribution < -0.4 is 5.32 Å². The van der Waals surface area contributed by atoms with Gasteiger partial charge < -0.3 is 10.1 Å². The van der Waals surface area contributed by atoms with E-state index in [1.165, 1.54) is 0 Å². The van der Waals surface area contributed by atoms with Crippen molar-refractivity contribution in [1.29, 1.82) is 0 Å². The molecule has 0 fully saturated rings. The van der Waals surface area contributed by atoms with Crippen molar-refractivity contribution in [1.82, 2.24) is 0 Å². The Kier molecular flexibility index (Phi) is 7.74. The molecule has 0 aliphatic rings. The van der Waals surface area contributed by atoms with E-state index in [4.69, 9.17) is 4.74 Å². The van der Waals surface area contributed by atoms with E-state index in [-0.39, 0.29) is 30.6 Å². The lowest BCUT2D eigenvalue weighted by Crippen LogP contribution is -2.16. The van der Waals surface area contributed by atoms with Gasteiger partial charge in [0.05, 0.1) is 6.42 Å². The quantitative estimate of drug-likeness (QED) is 0.528. The first-order valence-electron chi connectivity index (χ1n) is 9.13. The summed E-state index contributed by atoms with van der Waals surface area (Å²) in [6, 6.07) is 16.3. The van der Waals surface area contributed by atoms with Crippen LogP contribution in [0.3, 0.4) is 0 Å². The highest BCUT2D eigenvalue weighted by atomic mass is 16.5. The Bertz CT molecular complexity index is 769. The van der Waals surface area contributed by atoms with E-state index in [1.807, 2.05) is 44.2 Å². The minimum atomic E-state index is -0.400. The van der Waals surface area contributed by atoms with E-state index < -0.39 is 5.97 Å². The molecule has 0 saturated heterocycles. The number of rotatable bonds is 9. The molecule has 5 nitrogen and oxygen atoms in total. The van der Waals surface area contributed by atoms with Gasteiger partial charge in [0.25, 0.3) is 0 Å². The third-order valence-electron chi connectivity index (χ3n) is 4.17. The molecule has 0 heterocycles. The third-order valence-corrected chi connectivity index (χ3v) is 4.17. The van der Waals surface area contributed by atoms with Crippen molar-refractivity contribution < 1.29 is 19.1 Å². The van der Waals surface area contributed by atoms with Crippen LogP contribution in [0.2, 0.25) is 0 Å². The van der Waals surface area contributed by atoms with Crippen molar-refractivity contribution in [3.63, 3.8) is 0 Å². The zero-order chi connectivity index (χ0) is 19.6. The smallest absolute Gasteiger partial charge is 0.306 e. The summed E-state index contributed by atoms with van der Waals surface area (Å²) >= 11 is 0. The maximum absolute atomic E-state index is 12.2. The number of amides is 1. The lowest BCUT2D eigenvalue weighted by molar-refractivity contribution is -0.142. The summed E-state index contributed by atoms with van der Waals surface area (Å²) in [6.07, 6.45) is 1.45. The second-order valence-corrected chi connectivity index (χ2v) is 6.48. The molecule has 0 bridgehead atoms. The summed E-state index contributed by atoms with van der Waals surface area (Å²) in [7, 11) is 0. The highest BCUT2D eigenvalue weighted by Gasteiger charge is 2.14. The zero-order valence-corrected chi connectivity index (χ0v) is 15.7. The Morgan fingerprint density at radius 2 is 1.67 bits per heavy atom. The first kappa shape index (κ1) is 20.4. The normalized spacial score (nSPS) is 11.5. The Labute approximate surface area is 159 Å². The molecule has 2 aromatic carbocycles. The van der Waals surface area contributed by atoms with Gasteiger partial charge in [0, 0.05) is 17.7 Å². The molecular formula is C22H25NO4. The molecule has 0 spiro atoms. The number of carbonyl (C=O) groups is 3. The number of carbonyl (C=O) groups excluding carboxylic acids is 3. The van der Waals surface area contributed by atoms with E-state index in [2.05, 4.69) is 5.32 Å². The topological polar surface area (TPSA) is 72.5 Å². The molecule has 1 atom stereocenters. The number of hydrogen-bond acceptors (Lipinski definition) is 4. The van der Waals surface area contributed by atoms with Crippen molar-refractivity contribution in [2.75, 3.05) is 11.9 Å². The van der Waals surface area contributed by atoms with E-state index in [1.54, 1.807) is 24.3 Å². The van der Waals surface area contributed by atoms with Crippen LogP contribution in [0.4, 0.5) is 5.69 Å². The largest absolute Gasteiger partial charge is 0.457 e. The fourth-order valence-corrected chi connectivity index (χ4v) is 2.63. The summed E-state index contributed by atoms with van der Waals surface area (Å²) in [4.78, 5) is 35.7. The molecule has 27 heavy (non-hydrogen) atoms. The van der Waals surface area contributed by atoms with Crippen LogP contribution in [0.25, 0.3) is 0 Å². The molecule has 1 amide bonds. The second kappa shape index (κ2) is 10.3. The van der Waals surface area contributed by atoms with E-state index in [0.717, 1.165) is 12.0 Å². The number of Topliss-reactive ketones (excluding diaryl/α,β-unsaturated/α-hetero) is 1. The molecule has 0 saturated carbocycles. The molecule has 0 aliphatic carbocycles. The minimum Gasteiger partial charge on any atom is -0.457 e. The maximum atomic E-state index is 12.2. The molecule has 0 radical (unpaired) electrons. The first-order valence-corrected chi connectivity index (χ1v) is 9.13. The van der Waals surface area contributed by atoms with Crippen molar-refractivity contribution >= 4 is 23.3 Å². The molecular weight excluding hydrogens is 342 g/mol. The molecule has 1 N–H and O–H groups in total. The Hall–Kier alpha value is -2.95. The van der Waals surface area contributed by atoms with Gasteiger partial charge in [-0.2, -0.15) is 0 Å². The summed E-state index contributed by atoms with van der Waals surface area (Å²) in [5.74, 6) is -0.705. The zero-order valence-electron chi connectivity index (χ0n) is 15.7. The summed E-state index contributed by atoms with van der Waals surface area (Å²) < 4.78 is 5.12. The SMILES string of the molecule is CCCC(=O)Nc1ccc(C(=O)COC(=O)C[C@@H](C)c2ccccc2)cc1. The first-order chi connectivity index (χ1) is 13.0. The van der Waals surface area contributed by atoms with Gasteiger partial charge in [-0.1, -0.05) is 44.2 Å². The van der Waals surface area contributed by atoms with Gasteiger partial charge in [0.1, 0.15) is 0 Å². The van der Waals surface area contributed by atoms with Gasteiger partial charge in [-0.05, 0) is 42.2 Å². The fourth-order valence-electron chi connectivity index (χ4n) is 2.63. The predicted molar refractivity (Wildman–Crippen MR) is 105 cm³/mol. The van der Waals surface area contributed by atoms with Gasteiger partial charge >= 0.3 is 5.97 Å². The molecule has 0 aliphatic heterocycles. The minimum absolute atomic E-state index is 0.0276.